The molecule has 0 bridgehead atoms. The van der Waals surface area contributed by atoms with Crippen LogP contribution in [0.4, 0.5) is 5.13 Å². The van der Waals surface area contributed by atoms with Gasteiger partial charge in [-0.2, -0.15) is 14.6 Å². The van der Waals surface area contributed by atoms with Crippen molar-refractivity contribution in [1.82, 2.24) is 9.36 Å². The zero-order valence-corrected chi connectivity index (χ0v) is 19.7. The predicted molar refractivity (Wildman–Crippen MR) is 121 cm³/mol. The van der Waals surface area contributed by atoms with Gasteiger partial charge in [-0.25, -0.2) is 8.42 Å². The zero-order valence-electron chi connectivity index (χ0n) is 16.5. The number of furan rings is 1. The molecule has 11 heteroatoms. The molecule has 0 aliphatic heterocycles. The zero-order chi connectivity index (χ0) is 22.6. The van der Waals surface area contributed by atoms with Crippen LogP contribution in [0.5, 0.6) is 0 Å². The second kappa shape index (κ2) is 9.55. The fourth-order valence-corrected chi connectivity index (χ4v) is 5.17. The van der Waals surface area contributed by atoms with Gasteiger partial charge >= 0.3 is 0 Å². The Kier molecular flexibility index (Phi) is 7.04. The third-order valence-electron chi connectivity index (χ3n) is 3.87. The molecule has 2 heterocycles. The minimum Gasteiger partial charge on any atom is -0.457 e. The van der Waals surface area contributed by atoms with E-state index in [4.69, 9.17) is 4.42 Å². The Labute approximate surface area is 191 Å². The first kappa shape index (κ1) is 22.9. The van der Waals surface area contributed by atoms with Crippen LogP contribution in [0.15, 0.2) is 56.0 Å². The van der Waals surface area contributed by atoms with Crippen molar-refractivity contribution in [2.45, 2.75) is 19.0 Å². The standard InChI is InChI=1S/C20H17BrN4O4S2/c1-12(2)11-31(27,28)20-24-19(30-25-20)23-18(26)14(10-22)9-16-7-8-17(29-16)13-3-5-15(21)6-4-13/h3-9,12H,11H2,1-2H3,(H,23,24,25,26). The molecular weight excluding hydrogens is 504 g/mol. The normalized spacial score (nSPS) is 12.0. The first-order valence-corrected chi connectivity index (χ1v) is 12.2. The summed E-state index contributed by atoms with van der Waals surface area (Å²) in [6.07, 6.45) is 1.30. The number of nitrogens with zero attached hydrogens (tertiary/aromatic N) is 3. The Morgan fingerprint density at radius 1 is 1.29 bits per heavy atom. The van der Waals surface area contributed by atoms with Crippen LogP contribution in [0, 0.1) is 17.2 Å². The first-order valence-electron chi connectivity index (χ1n) is 9.03. The number of aromatic nitrogens is 2. The van der Waals surface area contributed by atoms with Crippen molar-refractivity contribution in [3.63, 3.8) is 0 Å². The highest BCUT2D eigenvalue weighted by Crippen LogP contribution is 2.25. The second-order valence-electron chi connectivity index (χ2n) is 6.89. The van der Waals surface area contributed by atoms with E-state index in [0.29, 0.717) is 11.5 Å². The van der Waals surface area contributed by atoms with Crippen LogP contribution < -0.4 is 5.32 Å². The molecule has 0 radical (unpaired) electrons. The van der Waals surface area contributed by atoms with Gasteiger partial charge in [0.1, 0.15) is 23.2 Å². The van der Waals surface area contributed by atoms with Crippen molar-refractivity contribution in [3.8, 4) is 17.4 Å². The van der Waals surface area contributed by atoms with Crippen LogP contribution in [0.3, 0.4) is 0 Å². The van der Waals surface area contributed by atoms with Gasteiger partial charge in [-0.3, -0.25) is 10.1 Å². The molecule has 0 aliphatic carbocycles. The van der Waals surface area contributed by atoms with Gasteiger partial charge in [0.25, 0.3) is 11.1 Å². The molecule has 0 saturated carbocycles. The summed E-state index contributed by atoms with van der Waals surface area (Å²) >= 11 is 4.10. The molecule has 1 N–H and O–H groups in total. The molecule has 1 aromatic carbocycles. The number of hydrogen-bond acceptors (Lipinski definition) is 8. The van der Waals surface area contributed by atoms with Crippen LogP contribution >= 0.6 is 27.5 Å². The van der Waals surface area contributed by atoms with Crippen LogP contribution in [0.2, 0.25) is 0 Å². The highest BCUT2D eigenvalue weighted by Gasteiger charge is 2.23. The molecule has 0 spiro atoms. The summed E-state index contributed by atoms with van der Waals surface area (Å²) in [6.45, 7) is 3.54. The van der Waals surface area contributed by atoms with E-state index in [0.717, 1.165) is 21.6 Å². The van der Waals surface area contributed by atoms with Gasteiger partial charge in [-0.15, -0.1) is 0 Å². The van der Waals surface area contributed by atoms with E-state index >= 15 is 0 Å². The highest BCUT2D eigenvalue weighted by molar-refractivity contribution is 9.10. The quantitative estimate of drug-likeness (QED) is 0.357. The maximum absolute atomic E-state index is 12.4. The van der Waals surface area contributed by atoms with Crippen LogP contribution in [0.25, 0.3) is 17.4 Å². The molecule has 0 saturated heterocycles. The third-order valence-corrected chi connectivity index (χ3v) is 6.99. The Morgan fingerprint density at radius 3 is 2.65 bits per heavy atom. The summed E-state index contributed by atoms with van der Waals surface area (Å²) in [5.74, 6) is -0.0226. The molecule has 31 heavy (non-hydrogen) atoms. The number of carbonyl (C=O) groups excluding carboxylic acids is 1. The lowest BCUT2D eigenvalue weighted by Gasteiger charge is -2.02. The van der Waals surface area contributed by atoms with Gasteiger partial charge in [-0.1, -0.05) is 41.9 Å². The monoisotopic (exact) mass is 520 g/mol. The van der Waals surface area contributed by atoms with Gasteiger partial charge in [0.2, 0.25) is 15.0 Å². The molecule has 0 fully saturated rings. The first-order chi connectivity index (χ1) is 14.7. The molecule has 0 unspecified atom stereocenters. The number of halogens is 1. The van der Waals surface area contributed by atoms with Gasteiger partial charge in [0, 0.05) is 27.6 Å². The maximum Gasteiger partial charge on any atom is 0.268 e. The summed E-state index contributed by atoms with van der Waals surface area (Å²) < 4.78 is 34.8. The van der Waals surface area contributed by atoms with Gasteiger partial charge in [-0.05, 0) is 30.2 Å². The molecule has 2 aromatic heterocycles. The maximum atomic E-state index is 12.4. The molecule has 0 atom stereocenters. The largest absolute Gasteiger partial charge is 0.457 e. The highest BCUT2D eigenvalue weighted by atomic mass is 79.9. The molecule has 1 amide bonds. The number of amides is 1. The third kappa shape index (κ3) is 5.88. The van der Waals surface area contributed by atoms with Crippen molar-refractivity contribution in [2.75, 3.05) is 11.1 Å². The fraction of sp³-hybridized carbons (Fsp3) is 0.200. The van der Waals surface area contributed by atoms with Crippen LogP contribution in [-0.4, -0.2) is 29.4 Å². The number of benzene rings is 1. The number of anilines is 1. The number of sulfone groups is 1. The lowest BCUT2D eigenvalue weighted by atomic mass is 10.2. The van der Waals surface area contributed by atoms with Gasteiger partial charge in [0.15, 0.2) is 0 Å². The molecular formula is C20H17BrN4O4S2. The van der Waals surface area contributed by atoms with Crippen LogP contribution in [-0.2, 0) is 14.6 Å². The van der Waals surface area contributed by atoms with Crippen molar-refractivity contribution < 1.29 is 17.6 Å². The summed E-state index contributed by atoms with van der Waals surface area (Å²) in [5, 5.41) is 11.4. The minimum atomic E-state index is -3.64. The summed E-state index contributed by atoms with van der Waals surface area (Å²) in [4.78, 5) is 16.3. The lowest BCUT2D eigenvalue weighted by Crippen LogP contribution is -2.15. The fourth-order valence-electron chi connectivity index (χ4n) is 2.56. The Hall–Kier alpha value is -2.81. The predicted octanol–water partition coefficient (Wildman–Crippen LogP) is 4.54. The smallest absolute Gasteiger partial charge is 0.268 e. The average Bonchev–Trinajstić information content (AvgIpc) is 3.35. The molecule has 160 valence electrons. The number of nitrogens with one attached hydrogen (secondary N) is 1. The Bertz CT molecular complexity index is 1270. The number of carbonyl (C=O) groups is 1. The van der Waals surface area contributed by atoms with E-state index in [1.807, 2.05) is 30.3 Å². The SMILES string of the molecule is CC(C)CS(=O)(=O)c1nsc(NC(=O)C(C#N)=Cc2ccc(-c3ccc(Br)cc3)o2)n1. The molecule has 3 rings (SSSR count). The summed E-state index contributed by atoms with van der Waals surface area (Å²) in [5.41, 5.74) is 0.619. The van der Waals surface area contributed by atoms with Crippen molar-refractivity contribution >= 4 is 54.4 Å². The van der Waals surface area contributed by atoms with E-state index in [1.165, 1.54) is 6.08 Å². The topological polar surface area (TPSA) is 126 Å². The summed E-state index contributed by atoms with van der Waals surface area (Å²) in [7, 11) is -3.64. The number of rotatable bonds is 7. The lowest BCUT2D eigenvalue weighted by molar-refractivity contribution is -0.112. The Morgan fingerprint density at radius 2 is 2.00 bits per heavy atom. The average molecular weight is 521 g/mol. The van der Waals surface area contributed by atoms with Gasteiger partial charge < -0.3 is 4.42 Å². The van der Waals surface area contributed by atoms with E-state index in [2.05, 4.69) is 30.6 Å². The van der Waals surface area contributed by atoms with Crippen molar-refractivity contribution in [3.05, 3.63) is 52.2 Å². The Balaban J connectivity index is 1.75. The van der Waals surface area contributed by atoms with Crippen LogP contribution in [0.1, 0.15) is 19.6 Å². The van der Waals surface area contributed by atoms with E-state index in [1.54, 1.807) is 26.0 Å². The van der Waals surface area contributed by atoms with Gasteiger partial charge in [0.05, 0.1) is 5.75 Å². The van der Waals surface area contributed by atoms with Crippen molar-refractivity contribution in [1.29, 1.82) is 5.26 Å². The minimum absolute atomic E-state index is 0.0107. The van der Waals surface area contributed by atoms with E-state index in [-0.39, 0.29) is 27.5 Å². The molecule has 3 aromatic rings. The molecule has 0 aliphatic rings. The van der Waals surface area contributed by atoms with E-state index < -0.39 is 15.7 Å². The molecule has 8 nitrogen and oxygen atoms in total. The van der Waals surface area contributed by atoms with E-state index in [9.17, 15) is 18.5 Å². The second-order valence-corrected chi connectivity index (χ2v) is 10.5. The van der Waals surface area contributed by atoms with Crippen molar-refractivity contribution in [2.24, 2.45) is 5.92 Å². The number of nitriles is 1. The number of hydrogen-bond donors (Lipinski definition) is 1. The summed E-state index contributed by atoms with van der Waals surface area (Å²) in [6, 6.07) is 12.7.